The van der Waals surface area contributed by atoms with Crippen LogP contribution in [0, 0.1) is 0 Å². The Morgan fingerprint density at radius 2 is 1.90 bits per heavy atom. The summed E-state index contributed by atoms with van der Waals surface area (Å²) in [5.74, 6) is 1.01. The quantitative estimate of drug-likeness (QED) is 0.740. The highest BCUT2D eigenvalue weighted by atomic mass is 32.2. The number of benzene rings is 2. The van der Waals surface area contributed by atoms with Crippen LogP contribution in [0.3, 0.4) is 0 Å². The third kappa shape index (κ3) is 5.07. The normalized spacial score (nSPS) is 14.7. The monoisotopic (exact) mass is 295 g/mol. The zero-order valence-corrected chi connectivity index (χ0v) is 13.0. The average Bonchev–Trinajstić information content (AvgIpc) is 3.35. The molecule has 2 aromatic rings. The Kier molecular flexibility index (Phi) is 5.14. The largest absolute Gasteiger partial charge is 0.310 e. The lowest BCUT2D eigenvalue weighted by atomic mass is 10.2. The van der Waals surface area contributed by atoms with Crippen LogP contribution in [-0.4, -0.2) is 11.8 Å². The van der Waals surface area contributed by atoms with E-state index in [-0.39, 0.29) is 0 Å². The molecule has 0 unspecified atom stereocenters. The third-order valence-electron chi connectivity index (χ3n) is 3.53. The molecule has 0 bridgehead atoms. The molecule has 21 heavy (non-hydrogen) atoms. The SMILES string of the molecule is C(=Cc1ccccc1)CSc1cccc(CNC2CC2)c1. The van der Waals surface area contributed by atoms with Crippen molar-refractivity contribution in [1.82, 2.24) is 5.32 Å². The Balaban J connectivity index is 1.48. The highest BCUT2D eigenvalue weighted by Gasteiger charge is 2.19. The number of rotatable bonds is 7. The number of thioether (sulfide) groups is 1. The summed E-state index contributed by atoms with van der Waals surface area (Å²) in [6, 6.07) is 20.1. The highest BCUT2D eigenvalue weighted by Crippen LogP contribution is 2.22. The van der Waals surface area contributed by atoms with Gasteiger partial charge in [-0.25, -0.2) is 0 Å². The molecule has 0 aromatic heterocycles. The Morgan fingerprint density at radius 1 is 1.05 bits per heavy atom. The molecule has 2 heteroatoms. The number of hydrogen-bond acceptors (Lipinski definition) is 2. The fraction of sp³-hybridized carbons (Fsp3) is 0.263. The molecule has 1 aliphatic rings. The first-order valence-electron chi connectivity index (χ1n) is 7.57. The smallest absolute Gasteiger partial charge is 0.0208 e. The molecule has 1 nitrogen and oxygen atoms in total. The van der Waals surface area contributed by atoms with E-state index in [4.69, 9.17) is 0 Å². The zero-order valence-electron chi connectivity index (χ0n) is 12.2. The molecule has 1 fully saturated rings. The number of nitrogens with one attached hydrogen (secondary N) is 1. The molecule has 0 radical (unpaired) electrons. The Morgan fingerprint density at radius 3 is 2.71 bits per heavy atom. The molecule has 1 aliphatic carbocycles. The van der Waals surface area contributed by atoms with Crippen LogP contribution in [0.2, 0.25) is 0 Å². The molecule has 1 saturated carbocycles. The second-order valence-corrected chi connectivity index (χ2v) is 6.52. The summed E-state index contributed by atoms with van der Waals surface area (Å²) in [4.78, 5) is 1.35. The molecule has 108 valence electrons. The molecule has 0 aliphatic heterocycles. The first kappa shape index (κ1) is 14.4. The molecule has 1 N–H and O–H groups in total. The van der Waals surface area contributed by atoms with E-state index in [1.54, 1.807) is 0 Å². The van der Waals surface area contributed by atoms with Gasteiger partial charge >= 0.3 is 0 Å². The lowest BCUT2D eigenvalue weighted by Crippen LogP contribution is -2.15. The van der Waals surface area contributed by atoms with E-state index >= 15 is 0 Å². The van der Waals surface area contributed by atoms with E-state index in [9.17, 15) is 0 Å². The average molecular weight is 295 g/mol. The summed E-state index contributed by atoms with van der Waals surface area (Å²) in [5.41, 5.74) is 2.65. The van der Waals surface area contributed by atoms with E-state index in [2.05, 4.69) is 66.0 Å². The van der Waals surface area contributed by atoms with Crippen molar-refractivity contribution in [3.05, 3.63) is 71.8 Å². The van der Waals surface area contributed by atoms with Crippen molar-refractivity contribution in [2.75, 3.05) is 5.75 Å². The van der Waals surface area contributed by atoms with Gasteiger partial charge in [-0.05, 0) is 36.1 Å². The first-order chi connectivity index (χ1) is 10.4. The van der Waals surface area contributed by atoms with Crippen LogP contribution in [0.5, 0.6) is 0 Å². The molecule has 2 aromatic carbocycles. The Bertz CT molecular complexity index is 588. The van der Waals surface area contributed by atoms with Crippen LogP contribution in [-0.2, 0) is 6.54 Å². The predicted octanol–water partition coefficient (Wildman–Crippen LogP) is 4.74. The molecule has 0 atom stereocenters. The summed E-state index contributed by atoms with van der Waals surface area (Å²) in [6.45, 7) is 0.999. The van der Waals surface area contributed by atoms with Crippen molar-refractivity contribution < 1.29 is 0 Å². The molecule has 0 saturated heterocycles. The van der Waals surface area contributed by atoms with Gasteiger partial charge in [-0.15, -0.1) is 11.8 Å². The van der Waals surface area contributed by atoms with E-state index in [0.717, 1.165) is 18.3 Å². The van der Waals surface area contributed by atoms with Gasteiger partial charge in [0.2, 0.25) is 0 Å². The molecular weight excluding hydrogens is 274 g/mol. The van der Waals surface area contributed by atoms with Gasteiger partial charge < -0.3 is 5.32 Å². The van der Waals surface area contributed by atoms with Crippen LogP contribution >= 0.6 is 11.8 Å². The Hall–Kier alpha value is -1.51. The van der Waals surface area contributed by atoms with E-state index in [1.807, 2.05) is 17.8 Å². The van der Waals surface area contributed by atoms with E-state index in [1.165, 1.54) is 28.9 Å². The number of hydrogen-bond donors (Lipinski definition) is 1. The van der Waals surface area contributed by atoms with Crippen LogP contribution in [0.15, 0.2) is 65.6 Å². The maximum atomic E-state index is 3.57. The van der Waals surface area contributed by atoms with Crippen LogP contribution in [0.25, 0.3) is 6.08 Å². The molecule has 0 heterocycles. The predicted molar refractivity (Wildman–Crippen MR) is 92.5 cm³/mol. The third-order valence-corrected chi connectivity index (χ3v) is 4.47. The molecular formula is C19H21NS. The standard InChI is InChI=1S/C19H21NS/c1-2-6-16(7-3-1)9-5-13-21-19-10-4-8-17(14-19)15-20-18-11-12-18/h1-10,14,18,20H,11-13,15H2. The maximum Gasteiger partial charge on any atom is 0.0208 e. The van der Waals surface area contributed by atoms with Crippen molar-refractivity contribution in [3.8, 4) is 0 Å². The van der Waals surface area contributed by atoms with Gasteiger partial charge in [0, 0.05) is 23.2 Å². The molecule has 0 spiro atoms. The van der Waals surface area contributed by atoms with Crippen molar-refractivity contribution in [1.29, 1.82) is 0 Å². The van der Waals surface area contributed by atoms with Crippen LogP contribution in [0.4, 0.5) is 0 Å². The van der Waals surface area contributed by atoms with Crippen LogP contribution in [0.1, 0.15) is 24.0 Å². The van der Waals surface area contributed by atoms with Crippen molar-refractivity contribution >= 4 is 17.8 Å². The summed E-state index contributed by atoms with van der Waals surface area (Å²) in [6.07, 6.45) is 7.11. The summed E-state index contributed by atoms with van der Waals surface area (Å²) < 4.78 is 0. The molecule has 3 rings (SSSR count). The fourth-order valence-electron chi connectivity index (χ4n) is 2.19. The van der Waals surface area contributed by atoms with Gasteiger partial charge in [0.25, 0.3) is 0 Å². The minimum Gasteiger partial charge on any atom is -0.310 e. The molecule has 0 amide bonds. The summed E-state index contributed by atoms with van der Waals surface area (Å²) in [7, 11) is 0. The lowest BCUT2D eigenvalue weighted by Gasteiger charge is -2.05. The second kappa shape index (κ2) is 7.48. The summed E-state index contributed by atoms with van der Waals surface area (Å²) in [5, 5.41) is 3.57. The van der Waals surface area contributed by atoms with Gasteiger partial charge in [-0.3, -0.25) is 0 Å². The first-order valence-corrected chi connectivity index (χ1v) is 8.55. The van der Waals surface area contributed by atoms with E-state index in [0.29, 0.717) is 0 Å². The minimum atomic E-state index is 0.773. The van der Waals surface area contributed by atoms with Gasteiger partial charge in [0.05, 0.1) is 0 Å². The topological polar surface area (TPSA) is 12.0 Å². The minimum absolute atomic E-state index is 0.773. The van der Waals surface area contributed by atoms with E-state index < -0.39 is 0 Å². The fourth-order valence-corrected chi connectivity index (χ4v) is 2.98. The van der Waals surface area contributed by atoms with Crippen LogP contribution < -0.4 is 5.32 Å². The lowest BCUT2D eigenvalue weighted by molar-refractivity contribution is 0.687. The summed E-state index contributed by atoms with van der Waals surface area (Å²) >= 11 is 1.89. The van der Waals surface area contributed by atoms with Gasteiger partial charge in [-0.2, -0.15) is 0 Å². The van der Waals surface area contributed by atoms with Gasteiger partial charge in [0.1, 0.15) is 0 Å². The highest BCUT2D eigenvalue weighted by molar-refractivity contribution is 7.99. The van der Waals surface area contributed by atoms with Crippen molar-refractivity contribution in [2.45, 2.75) is 30.3 Å². The van der Waals surface area contributed by atoms with Crippen molar-refractivity contribution in [2.24, 2.45) is 0 Å². The maximum absolute atomic E-state index is 3.57. The van der Waals surface area contributed by atoms with Gasteiger partial charge in [-0.1, -0.05) is 54.6 Å². The Labute approximate surface area is 131 Å². The second-order valence-electron chi connectivity index (χ2n) is 5.43. The van der Waals surface area contributed by atoms with Crippen molar-refractivity contribution in [3.63, 3.8) is 0 Å². The zero-order chi connectivity index (χ0) is 14.3. The van der Waals surface area contributed by atoms with Gasteiger partial charge in [0.15, 0.2) is 0 Å².